The van der Waals surface area contributed by atoms with Crippen LogP contribution < -0.4 is 26.0 Å². The second-order valence-corrected chi connectivity index (χ2v) is 8.51. The zero-order chi connectivity index (χ0) is 20.4. The van der Waals surface area contributed by atoms with Crippen LogP contribution in [0.3, 0.4) is 0 Å². The summed E-state index contributed by atoms with van der Waals surface area (Å²) in [5, 5.41) is 3.36. The Morgan fingerprint density at radius 3 is 2.55 bits per heavy atom. The van der Waals surface area contributed by atoms with E-state index in [-0.39, 0.29) is 21.9 Å². The Morgan fingerprint density at radius 1 is 1.03 bits per heavy atom. The highest BCUT2D eigenvalue weighted by atomic mass is 32.2. The van der Waals surface area contributed by atoms with E-state index in [9.17, 15) is 18.0 Å². The van der Waals surface area contributed by atoms with Crippen LogP contribution in [0.5, 0.6) is 5.75 Å². The monoisotopic (exact) mass is 416 g/mol. The lowest BCUT2D eigenvalue weighted by molar-refractivity contribution is 0.167. The maximum absolute atomic E-state index is 12.7. The summed E-state index contributed by atoms with van der Waals surface area (Å²) in [5.74, 6) is 0.669. The van der Waals surface area contributed by atoms with Gasteiger partial charge in [-0.1, -0.05) is 0 Å². The van der Waals surface area contributed by atoms with Crippen LogP contribution >= 0.6 is 0 Å². The molecule has 1 aromatic heterocycles. The number of H-pyrrole nitrogens is 2. The fourth-order valence-electron chi connectivity index (χ4n) is 3.24. The van der Waals surface area contributed by atoms with E-state index < -0.39 is 21.3 Å². The largest absolute Gasteiger partial charge is 0.489 e. The second-order valence-electron chi connectivity index (χ2n) is 6.83. The van der Waals surface area contributed by atoms with E-state index in [4.69, 9.17) is 4.74 Å². The second kappa shape index (κ2) is 7.72. The molecule has 1 saturated heterocycles. The predicted octanol–water partition coefficient (Wildman–Crippen LogP) is 1.15. The molecule has 29 heavy (non-hydrogen) atoms. The zero-order valence-corrected chi connectivity index (χ0v) is 16.2. The van der Waals surface area contributed by atoms with Crippen molar-refractivity contribution in [2.45, 2.75) is 23.8 Å². The molecule has 0 amide bonds. The van der Waals surface area contributed by atoms with E-state index >= 15 is 0 Å². The summed E-state index contributed by atoms with van der Waals surface area (Å²) in [6.45, 7) is 1.79. The first kappa shape index (κ1) is 19.2. The van der Waals surface area contributed by atoms with Gasteiger partial charge in [0.05, 0.1) is 15.8 Å². The van der Waals surface area contributed by atoms with Crippen LogP contribution in [0.15, 0.2) is 56.9 Å². The van der Waals surface area contributed by atoms with Crippen molar-refractivity contribution in [3.05, 3.63) is 63.3 Å². The number of nitrogens with one attached hydrogen (secondary N) is 4. The lowest BCUT2D eigenvalue weighted by Crippen LogP contribution is -2.37. The minimum absolute atomic E-state index is 0.0808. The van der Waals surface area contributed by atoms with Gasteiger partial charge >= 0.3 is 5.69 Å². The van der Waals surface area contributed by atoms with Crippen molar-refractivity contribution in [3.8, 4) is 5.75 Å². The Hall–Kier alpha value is -3.11. The van der Waals surface area contributed by atoms with Crippen molar-refractivity contribution >= 4 is 26.6 Å². The predicted molar refractivity (Wildman–Crippen MR) is 109 cm³/mol. The van der Waals surface area contributed by atoms with Crippen LogP contribution in [0.2, 0.25) is 0 Å². The van der Waals surface area contributed by atoms with Crippen LogP contribution in [0.1, 0.15) is 12.8 Å². The van der Waals surface area contributed by atoms with Crippen molar-refractivity contribution in [2.75, 3.05) is 17.8 Å². The number of anilines is 1. The number of rotatable bonds is 5. The fraction of sp³-hybridized carbons (Fsp3) is 0.263. The molecule has 0 spiro atoms. The maximum Gasteiger partial charge on any atom is 0.326 e. The summed E-state index contributed by atoms with van der Waals surface area (Å²) in [4.78, 5) is 27.7. The zero-order valence-electron chi connectivity index (χ0n) is 15.4. The van der Waals surface area contributed by atoms with E-state index in [0.29, 0.717) is 11.4 Å². The van der Waals surface area contributed by atoms with Gasteiger partial charge in [-0.2, -0.15) is 0 Å². The molecule has 0 radical (unpaired) electrons. The van der Waals surface area contributed by atoms with Gasteiger partial charge in [-0.15, -0.1) is 0 Å². The quantitative estimate of drug-likeness (QED) is 0.493. The first-order chi connectivity index (χ1) is 13.9. The molecule has 1 aliphatic rings. The summed E-state index contributed by atoms with van der Waals surface area (Å²) in [6, 6.07) is 10.6. The number of fused-ring (bicyclic) bond motifs is 1. The van der Waals surface area contributed by atoms with Gasteiger partial charge in [-0.3, -0.25) is 14.5 Å². The van der Waals surface area contributed by atoms with Crippen LogP contribution in [0, 0.1) is 0 Å². The summed E-state index contributed by atoms with van der Waals surface area (Å²) in [5.41, 5.74) is -0.673. The Kier molecular flexibility index (Phi) is 5.12. The van der Waals surface area contributed by atoms with Crippen LogP contribution in [0.25, 0.3) is 10.9 Å². The highest BCUT2D eigenvalue weighted by molar-refractivity contribution is 7.92. The molecule has 10 heteroatoms. The molecule has 1 fully saturated rings. The van der Waals surface area contributed by atoms with Crippen molar-refractivity contribution in [2.24, 2.45) is 0 Å². The van der Waals surface area contributed by atoms with Gasteiger partial charge in [0.25, 0.3) is 15.6 Å². The van der Waals surface area contributed by atoms with Gasteiger partial charge in [0, 0.05) is 12.2 Å². The molecule has 4 N–H and O–H groups in total. The fourth-order valence-corrected chi connectivity index (χ4v) is 4.32. The maximum atomic E-state index is 12.7. The van der Waals surface area contributed by atoms with Crippen LogP contribution in [0.4, 0.5) is 5.69 Å². The van der Waals surface area contributed by atoms with E-state index in [2.05, 4.69) is 20.0 Å². The molecule has 2 aromatic carbocycles. The topological polar surface area (TPSA) is 133 Å². The third-order valence-electron chi connectivity index (χ3n) is 4.68. The van der Waals surface area contributed by atoms with E-state index in [1.165, 1.54) is 18.2 Å². The molecule has 152 valence electrons. The SMILES string of the molecule is O=c1[nH]c(=O)c2cc(S(=O)(=O)Nc3ccc(OC4CCCNC4)cc3)ccc2[nH]1. The molecule has 1 aliphatic heterocycles. The molecular formula is C19H20N4O5S. The molecule has 1 unspecified atom stereocenters. The lowest BCUT2D eigenvalue weighted by atomic mass is 10.1. The molecule has 1 atom stereocenters. The number of piperidine rings is 1. The van der Waals surface area contributed by atoms with Gasteiger partial charge in [-0.25, -0.2) is 13.2 Å². The molecule has 4 rings (SSSR count). The molecule has 0 saturated carbocycles. The highest BCUT2D eigenvalue weighted by Crippen LogP contribution is 2.22. The summed E-state index contributed by atoms with van der Waals surface area (Å²) in [6.07, 6.45) is 2.15. The van der Waals surface area contributed by atoms with E-state index in [1.807, 2.05) is 0 Å². The normalized spacial score (nSPS) is 17.2. The Labute approximate surface area is 166 Å². The molecule has 0 bridgehead atoms. The van der Waals surface area contributed by atoms with Crippen LogP contribution in [-0.2, 0) is 10.0 Å². The Morgan fingerprint density at radius 2 is 1.83 bits per heavy atom. The molecule has 3 aromatic rings. The third-order valence-corrected chi connectivity index (χ3v) is 6.06. The molecule has 0 aliphatic carbocycles. The Balaban J connectivity index is 1.53. The minimum atomic E-state index is -3.92. The summed E-state index contributed by atoms with van der Waals surface area (Å²) >= 11 is 0. The number of sulfonamides is 1. The first-order valence-electron chi connectivity index (χ1n) is 9.17. The third kappa shape index (κ3) is 4.33. The summed E-state index contributed by atoms with van der Waals surface area (Å²) in [7, 11) is -3.92. The van der Waals surface area contributed by atoms with Gasteiger partial charge < -0.3 is 15.0 Å². The number of aromatic nitrogens is 2. The first-order valence-corrected chi connectivity index (χ1v) is 10.7. The number of hydrogen-bond acceptors (Lipinski definition) is 6. The van der Waals surface area contributed by atoms with Gasteiger partial charge in [-0.05, 0) is 61.9 Å². The van der Waals surface area contributed by atoms with Crippen LogP contribution in [-0.4, -0.2) is 37.6 Å². The van der Waals surface area contributed by atoms with Crippen molar-refractivity contribution in [3.63, 3.8) is 0 Å². The number of aromatic amines is 2. The van der Waals surface area contributed by atoms with E-state index in [1.54, 1.807) is 24.3 Å². The van der Waals surface area contributed by atoms with Gasteiger partial charge in [0.15, 0.2) is 0 Å². The van der Waals surface area contributed by atoms with Gasteiger partial charge in [0.2, 0.25) is 0 Å². The smallest absolute Gasteiger partial charge is 0.326 e. The van der Waals surface area contributed by atoms with Crippen molar-refractivity contribution in [1.29, 1.82) is 0 Å². The minimum Gasteiger partial charge on any atom is -0.489 e. The van der Waals surface area contributed by atoms with Gasteiger partial charge in [0.1, 0.15) is 11.9 Å². The average Bonchev–Trinajstić information content (AvgIpc) is 2.70. The average molecular weight is 416 g/mol. The van der Waals surface area contributed by atoms with Crippen molar-refractivity contribution in [1.82, 2.24) is 15.3 Å². The standard InChI is InChI=1S/C19H20N4O5S/c24-18-16-10-15(7-8-17(16)21-19(25)22-18)29(26,27)23-12-3-5-13(6-4-12)28-14-2-1-9-20-11-14/h3-8,10,14,20,23H,1-2,9,11H2,(H2,21,22,24,25). The number of ether oxygens (including phenoxy) is 1. The van der Waals surface area contributed by atoms with E-state index in [0.717, 1.165) is 25.9 Å². The highest BCUT2D eigenvalue weighted by Gasteiger charge is 2.17. The van der Waals surface area contributed by atoms with Crippen molar-refractivity contribution < 1.29 is 13.2 Å². The lowest BCUT2D eigenvalue weighted by Gasteiger charge is -2.24. The Bertz CT molecular complexity index is 1240. The molecule has 2 heterocycles. The molecule has 9 nitrogen and oxygen atoms in total. The summed E-state index contributed by atoms with van der Waals surface area (Å²) < 4.78 is 33.8. The number of benzene rings is 2. The molecular weight excluding hydrogens is 396 g/mol. The number of hydrogen-bond donors (Lipinski definition) is 4.